The predicted molar refractivity (Wildman–Crippen MR) is 112 cm³/mol. The quantitative estimate of drug-likeness (QED) is 0.607. The van der Waals surface area contributed by atoms with Crippen LogP contribution in [0.15, 0.2) is 78.5 Å². The molecule has 0 bridgehead atoms. The lowest BCUT2D eigenvalue weighted by Crippen LogP contribution is -2.32. The smallest absolute Gasteiger partial charge is 0.282 e. The van der Waals surface area contributed by atoms with Gasteiger partial charge in [0.25, 0.3) is 11.8 Å². The summed E-state index contributed by atoms with van der Waals surface area (Å²) in [4.78, 5) is 27.4. The van der Waals surface area contributed by atoms with E-state index in [1.807, 2.05) is 13.0 Å². The van der Waals surface area contributed by atoms with Crippen LogP contribution < -0.4 is 10.2 Å². The molecule has 0 atom stereocenters. The molecule has 0 saturated carbocycles. The average Bonchev–Trinajstić information content (AvgIpc) is 2.94. The second-order valence-electron chi connectivity index (χ2n) is 6.63. The summed E-state index contributed by atoms with van der Waals surface area (Å²) < 4.78 is 13.7. The first-order valence-electron chi connectivity index (χ1n) is 8.93. The molecule has 1 aliphatic heterocycles. The number of imide groups is 1. The van der Waals surface area contributed by atoms with Gasteiger partial charge in [-0.25, -0.2) is 9.29 Å². The van der Waals surface area contributed by atoms with E-state index in [9.17, 15) is 14.0 Å². The van der Waals surface area contributed by atoms with Gasteiger partial charge in [0.1, 0.15) is 11.5 Å². The number of hydrogen-bond donors (Lipinski definition) is 1. The highest BCUT2D eigenvalue weighted by Gasteiger charge is 2.40. The van der Waals surface area contributed by atoms with Crippen LogP contribution in [-0.4, -0.2) is 11.8 Å². The summed E-state index contributed by atoms with van der Waals surface area (Å²) in [5.74, 6) is -1.59. The highest BCUT2D eigenvalue weighted by atomic mass is 35.5. The molecule has 0 saturated heterocycles. The molecule has 0 unspecified atom stereocenters. The molecule has 0 spiro atoms. The van der Waals surface area contributed by atoms with Gasteiger partial charge in [-0.1, -0.05) is 48.0 Å². The van der Waals surface area contributed by atoms with Crippen LogP contribution in [0.1, 0.15) is 11.1 Å². The number of aryl methyl sites for hydroxylation is 1. The van der Waals surface area contributed by atoms with Gasteiger partial charge in [-0.05, 0) is 54.4 Å². The standard InChI is InChI=1S/C23H16ClFN2O2/c1-14-12-16(24)10-11-19(14)26-21-20(15-6-3-2-4-7-15)22(28)27(23(21)29)18-9-5-8-17(25)13-18/h2-13,26H,1H3. The van der Waals surface area contributed by atoms with Crippen molar-refractivity contribution in [3.8, 4) is 0 Å². The van der Waals surface area contributed by atoms with Crippen molar-refractivity contribution in [2.75, 3.05) is 10.2 Å². The van der Waals surface area contributed by atoms with Gasteiger partial charge in [0.2, 0.25) is 0 Å². The number of nitrogens with one attached hydrogen (secondary N) is 1. The van der Waals surface area contributed by atoms with Crippen LogP contribution in [0.5, 0.6) is 0 Å². The lowest BCUT2D eigenvalue weighted by Gasteiger charge is -2.16. The number of carbonyl (C=O) groups is 2. The fourth-order valence-corrected chi connectivity index (χ4v) is 3.50. The maximum Gasteiger partial charge on any atom is 0.282 e. The lowest BCUT2D eigenvalue weighted by molar-refractivity contribution is -0.120. The van der Waals surface area contributed by atoms with Crippen LogP contribution in [0.2, 0.25) is 5.02 Å². The van der Waals surface area contributed by atoms with E-state index in [-0.39, 0.29) is 17.0 Å². The molecule has 0 aromatic heterocycles. The number of nitrogens with zero attached hydrogens (tertiary/aromatic N) is 1. The topological polar surface area (TPSA) is 49.4 Å². The van der Waals surface area contributed by atoms with Crippen LogP contribution in [-0.2, 0) is 9.59 Å². The summed E-state index contributed by atoms with van der Waals surface area (Å²) >= 11 is 6.02. The summed E-state index contributed by atoms with van der Waals surface area (Å²) in [5, 5.41) is 3.66. The lowest BCUT2D eigenvalue weighted by atomic mass is 10.0. The molecule has 0 radical (unpaired) electrons. The molecule has 29 heavy (non-hydrogen) atoms. The number of anilines is 2. The first-order valence-corrected chi connectivity index (χ1v) is 9.31. The third-order valence-electron chi connectivity index (χ3n) is 4.66. The Morgan fingerprint density at radius 2 is 1.66 bits per heavy atom. The van der Waals surface area contributed by atoms with Crippen LogP contribution in [0.3, 0.4) is 0 Å². The Hall–Kier alpha value is -3.44. The van der Waals surface area contributed by atoms with Crippen molar-refractivity contribution in [3.63, 3.8) is 0 Å². The predicted octanol–water partition coefficient (Wildman–Crippen LogP) is 5.18. The number of halogens is 2. The van der Waals surface area contributed by atoms with E-state index >= 15 is 0 Å². The Morgan fingerprint density at radius 1 is 0.897 bits per heavy atom. The molecule has 1 aliphatic rings. The summed E-state index contributed by atoms with van der Waals surface area (Å²) in [6.07, 6.45) is 0. The van der Waals surface area contributed by atoms with Gasteiger partial charge in [-0.15, -0.1) is 0 Å². The monoisotopic (exact) mass is 406 g/mol. The maximum absolute atomic E-state index is 13.7. The van der Waals surface area contributed by atoms with Gasteiger partial charge < -0.3 is 5.32 Å². The Morgan fingerprint density at radius 3 is 2.34 bits per heavy atom. The average molecular weight is 407 g/mol. The van der Waals surface area contributed by atoms with Crippen molar-refractivity contribution in [3.05, 3.63) is 100 Å². The van der Waals surface area contributed by atoms with Gasteiger partial charge in [0.15, 0.2) is 0 Å². The largest absolute Gasteiger partial charge is 0.350 e. The second-order valence-corrected chi connectivity index (χ2v) is 7.06. The highest BCUT2D eigenvalue weighted by molar-refractivity contribution is 6.46. The molecule has 2 amide bonds. The summed E-state index contributed by atoms with van der Waals surface area (Å²) in [6.45, 7) is 1.85. The van der Waals surface area contributed by atoms with E-state index in [0.29, 0.717) is 16.3 Å². The van der Waals surface area contributed by atoms with Crippen molar-refractivity contribution in [1.82, 2.24) is 0 Å². The van der Waals surface area contributed by atoms with E-state index < -0.39 is 17.6 Å². The molecule has 3 aromatic carbocycles. The van der Waals surface area contributed by atoms with Crippen LogP contribution in [0, 0.1) is 12.7 Å². The molecule has 6 heteroatoms. The van der Waals surface area contributed by atoms with Crippen molar-refractivity contribution in [2.45, 2.75) is 6.92 Å². The normalized spacial score (nSPS) is 14.0. The molecular weight excluding hydrogens is 391 g/mol. The molecule has 1 heterocycles. The molecular formula is C23H16ClFN2O2. The highest BCUT2D eigenvalue weighted by Crippen LogP contribution is 2.34. The van der Waals surface area contributed by atoms with E-state index in [2.05, 4.69) is 5.32 Å². The van der Waals surface area contributed by atoms with E-state index in [0.717, 1.165) is 16.5 Å². The van der Waals surface area contributed by atoms with Crippen LogP contribution in [0.4, 0.5) is 15.8 Å². The minimum atomic E-state index is -0.547. The van der Waals surface area contributed by atoms with E-state index in [1.54, 1.807) is 42.5 Å². The van der Waals surface area contributed by atoms with E-state index in [1.165, 1.54) is 18.2 Å². The Bertz CT molecular complexity index is 1160. The number of amides is 2. The van der Waals surface area contributed by atoms with Crippen molar-refractivity contribution in [2.24, 2.45) is 0 Å². The third kappa shape index (κ3) is 3.52. The molecule has 4 rings (SSSR count). The molecule has 0 aliphatic carbocycles. The van der Waals surface area contributed by atoms with Crippen molar-refractivity contribution >= 4 is 40.4 Å². The Labute approximate surface area is 172 Å². The first kappa shape index (κ1) is 18.9. The van der Waals surface area contributed by atoms with E-state index in [4.69, 9.17) is 11.6 Å². The third-order valence-corrected chi connectivity index (χ3v) is 4.90. The SMILES string of the molecule is Cc1cc(Cl)ccc1NC1=C(c2ccccc2)C(=O)N(c2cccc(F)c2)C1=O. The zero-order valence-electron chi connectivity index (χ0n) is 15.4. The maximum atomic E-state index is 13.7. The van der Waals surface area contributed by atoms with Crippen LogP contribution >= 0.6 is 11.6 Å². The summed E-state index contributed by atoms with van der Waals surface area (Å²) in [5.41, 5.74) is 2.61. The number of hydrogen-bond acceptors (Lipinski definition) is 3. The zero-order valence-corrected chi connectivity index (χ0v) is 16.2. The van der Waals surface area contributed by atoms with Gasteiger partial charge in [-0.2, -0.15) is 0 Å². The minimum absolute atomic E-state index is 0.135. The molecule has 1 N–H and O–H groups in total. The van der Waals surface area contributed by atoms with Crippen molar-refractivity contribution in [1.29, 1.82) is 0 Å². The molecule has 144 valence electrons. The second kappa shape index (κ2) is 7.53. The fraction of sp³-hybridized carbons (Fsp3) is 0.0435. The van der Waals surface area contributed by atoms with Gasteiger partial charge in [0.05, 0.1) is 11.3 Å². The Balaban J connectivity index is 1.84. The fourth-order valence-electron chi connectivity index (χ4n) is 3.27. The van der Waals surface area contributed by atoms with Crippen molar-refractivity contribution < 1.29 is 14.0 Å². The molecule has 0 fully saturated rings. The van der Waals surface area contributed by atoms with Gasteiger partial charge in [0, 0.05) is 10.7 Å². The number of rotatable bonds is 4. The molecule has 3 aromatic rings. The number of carbonyl (C=O) groups excluding carboxylic acids is 2. The minimum Gasteiger partial charge on any atom is -0.350 e. The van der Waals surface area contributed by atoms with Gasteiger partial charge >= 0.3 is 0 Å². The Kier molecular flexibility index (Phi) is 4.91. The first-order chi connectivity index (χ1) is 14.0. The number of benzene rings is 3. The zero-order chi connectivity index (χ0) is 20.5. The van der Waals surface area contributed by atoms with Crippen LogP contribution in [0.25, 0.3) is 5.57 Å². The summed E-state index contributed by atoms with van der Waals surface area (Å²) in [7, 11) is 0. The summed E-state index contributed by atoms with van der Waals surface area (Å²) in [6, 6.07) is 19.5. The molecule has 4 nitrogen and oxygen atoms in total. The van der Waals surface area contributed by atoms with Gasteiger partial charge in [-0.3, -0.25) is 9.59 Å².